The number of fused-ring (bicyclic) bond motifs is 1. The SMILES string of the molecule is CCOC1OCC2(C(C)CC)CCC12CC(CC)(CC)C(CC)(CC)C(C)C(=O)OCCOC. The Labute approximate surface area is 210 Å². The van der Waals surface area contributed by atoms with E-state index in [0.717, 1.165) is 51.6 Å². The minimum atomic E-state index is -0.179. The summed E-state index contributed by atoms with van der Waals surface area (Å²) in [5.74, 6) is 0.323. The van der Waals surface area contributed by atoms with E-state index in [0.29, 0.717) is 25.7 Å². The van der Waals surface area contributed by atoms with Crippen molar-refractivity contribution >= 4 is 5.97 Å². The zero-order valence-corrected chi connectivity index (χ0v) is 23.8. The second kappa shape index (κ2) is 12.1. The maximum absolute atomic E-state index is 13.3. The van der Waals surface area contributed by atoms with Crippen molar-refractivity contribution in [3.05, 3.63) is 0 Å². The van der Waals surface area contributed by atoms with Crippen LogP contribution in [-0.4, -0.2) is 45.8 Å². The fourth-order valence-electron chi connectivity index (χ4n) is 8.33. The first kappa shape index (κ1) is 29.6. The number of rotatable bonds is 16. The van der Waals surface area contributed by atoms with Crippen LogP contribution in [0.15, 0.2) is 0 Å². The highest BCUT2D eigenvalue weighted by Crippen LogP contribution is 2.73. The number of carbonyl (C=O) groups excluding carboxylic acids is 1. The molecule has 200 valence electrons. The molecule has 1 saturated carbocycles. The number of hydrogen-bond acceptors (Lipinski definition) is 5. The number of methoxy groups -OCH3 is 1. The molecule has 0 aromatic carbocycles. The lowest BCUT2D eigenvalue weighted by atomic mass is 9.39. The van der Waals surface area contributed by atoms with Crippen molar-refractivity contribution in [1.82, 2.24) is 0 Å². The fraction of sp³-hybridized carbons (Fsp3) is 0.966. The maximum Gasteiger partial charge on any atom is 0.309 e. The van der Waals surface area contributed by atoms with Crippen LogP contribution in [0.25, 0.3) is 0 Å². The zero-order chi connectivity index (χ0) is 25.6. The van der Waals surface area contributed by atoms with E-state index in [4.69, 9.17) is 18.9 Å². The summed E-state index contributed by atoms with van der Waals surface area (Å²) < 4.78 is 23.6. The third-order valence-electron chi connectivity index (χ3n) is 10.9. The molecule has 5 atom stereocenters. The van der Waals surface area contributed by atoms with Crippen molar-refractivity contribution < 1.29 is 23.7 Å². The average Bonchev–Trinajstić information content (AvgIpc) is 3.05. The molecular weight excluding hydrogens is 428 g/mol. The summed E-state index contributed by atoms with van der Waals surface area (Å²) in [4.78, 5) is 13.3. The highest BCUT2D eigenvalue weighted by atomic mass is 16.7. The minimum absolute atomic E-state index is 0.00161. The Bertz CT molecular complexity index is 640. The summed E-state index contributed by atoms with van der Waals surface area (Å²) >= 11 is 0. The van der Waals surface area contributed by atoms with Crippen LogP contribution in [0.1, 0.15) is 107 Å². The molecule has 2 fully saturated rings. The molecule has 0 radical (unpaired) electrons. The lowest BCUT2D eigenvalue weighted by Crippen LogP contribution is -2.61. The topological polar surface area (TPSA) is 54.0 Å². The van der Waals surface area contributed by atoms with Crippen LogP contribution in [-0.2, 0) is 23.7 Å². The largest absolute Gasteiger partial charge is 0.463 e. The molecule has 5 heteroatoms. The summed E-state index contributed by atoms with van der Waals surface area (Å²) in [5, 5.41) is 0. The van der Waals surface area contributed by atoms with Crippen molar-refractivity contribution in [3.8, 4) is 0 Å². The van der Waals surface area contributed by atoms with E-state index < -0.39 is 0 Å². The Hall–Kier alpha value is -0.650. The van der Waals surface area contributed by atoms with Crippen molar-refractivity contribution in [2.45, 2.75) is 113 Å². The summed E-state index contributed by atoms with van der Waals surface area (Å²) in [6.07, 6.45) is 8.43. The van der Waals surface area contributed by atoms with E-state index in [1.165, 1.54) is 6.42 Å². The predicted octanol–water partition coefficient (Wildman–Crippen LogP) is 7.02. The standard InChI is InChI=1S/C29H54O5/c1-10-22(7)29-17-16-28(29,25(32-15-6)34-21-29)20-26(11-2,12-3)27(13-4,14-5)23(8)24(30)33-19-18-31-9/h22-23,25H,10-21H2,1-9H3. The van der Waals surface area contributed by atoms with Crippen LogP contribution in [0.5, 0.6) is 0 Å². The lowest BCUT2D eigenvalue weighted by Gasteiger charge is -2.64. The van der Waals surface area contributed by atoms with E-state index in [2.05, 4.69) is 55.4 Å². The normalized spacial score (nSPS) is 28.8. The van der Waals surface area contributed by atoms with Gasteiger partial charge in [0.05, 0.1) is 19.1 Å². The molecule has 2 rings (SSSR count). The van der Waals surface area contributed by atoms with Gasteiger partial charge in [-0.15, -0.1) is 0 Å². The zero-order valence-electron chi connectivity index (χ0n) is 23.8. The van der Waals surface area contributed by atoms with Gasteiger partial charge in [-0.3, -0.25) is 4.79 Å². The van der Waals surface area contributed by atoms with Crippen LogP contribution in [0.4, 0.5) is 0 Å². The van der Waals surface area contributed by atoms with E-state index in [9.17, 15) is 4.79 Å². The first-order valence-corrected chi connectivity index (χ1v) is 14.1. The molecule has 0 spiro atoms. The summed E-state index contributed by atoms with van der Waals surface area (Å²) in [7, 11) is 1.64. The monoisotopic (exact) mass is 482 g/mol. The molecule has 34 heavy (non-hydrogen) atoms. The van der Waals surface area contributed by atoms with Crippen LogP contribution in [0.2, 0.25) is 0 Å². The van der Waals surface area contributed by atoms with Gasteiger partial charge in [0.25, 0.3) is 0 Å². The van der Waals surface area contributed by atoms with Gasteiger partial charge in [0.2, 0.25) is 0 Å². The molecule has 0 aromatic rings. The molecule has 2 aliphatic rings. The molecule has 1 saturated heterocycles. The van der Waals surface area contributed by atoms with Gasteiger partial charge in [0, 0.05) is 24.5 Å². The van der Waals surface area contributed by atoms with Gasteiger partial charge in [-0.1, -0.05) is 54.9 Å². The lowest BCUT2D eigenvalue weighted by molar-refractivity contribution is -0.228. The Kier molecular flexibility index (Phi) is 10.5. The first-order chi connectivity index (χ1) is 16.2. The van der Waals surface area contributed by atoms with Gasteiger partial charge in [0.1, 0.15) is 6.61 Å². The Morgan fingerprint density at radius 2 is 1.65 bits per heavy atom. The van der Waals surface area contributed by atoms with Crippen molar-refractivity contribution in [1.29, 1.82) is 0 Å². The molecule has 0 aromatic heterocycles. The predicted molar refractivity (Wildman–Crippen MR) is 138 cm³/mol. The molecule has 1 heterocycles. The van der Waals surface area contributed by atoms with Gasteiger partial charge in [0.15, 0.2) is 6.29 Å². The summed E-state index contributed by atoms with van der Waals surface area (Å²) in [6, 6.07) is 0. The van der Waals surface area contributed by atoms with Gasteiger partial charge >= 0.3 is 5.97 Å². The number of ether oxygens (including phenoxy) is 4. The highest BCUT2D eigenvalue weighted by molar-refractivity contribution is 5.73. The molecule has 1 aliphatic carbocycles. The Balaban J connectivity index is 2.54. The molecule has 5 unspecified atom stereocenters. The second-order valence-corrected chi connectivity index (χ2v) is 11.1. The highest BCUT2D eigenvalue weighted by Gasteiger charge is 2.72. The van der Waals surface area contributed by atoms with Gasteiger partial charge in [-0.05, 0) is 68.6 Å². The second-order valence-electron chi connectivity index (χ2n) is 11.1. The van der Waals surface area contributed by atoms with Crippen molar-refractivity contribution in [2.75, 3.05) is 33.5 Å². The Morgan fingerprint density at radius 1 is 1.00 bits per heavy atom. The molecule has 1 aliphatic heterocycles. The van der Waals surface area contributed by atoms with Crippen LogP contribution in [0.3, 0.4) is 0 Å². The quantitative estimate of drug-likeness (QED) is 0.175. The van der Waals surface area contributed by atoms with E-state index in [1.807, 2.05) is 0 Å². The fourth-order valence-corrected chi connectivity index (χ4v) is 8.33. The summed E-state index contributed by atoms with van der Waals surface area (Å²) in [5.41, 5.74) is 0.0379. The van der Waals surface area contributed by atoms with E-state index in [-0.39, 0.29) is 39.8 Å². The van der Waals surface area contributed by atoms with Crippen molar-refractivity contribution in [2.24, 2.45) is 33.5 Å². The third kappa shape index (κ3) is 4.47. The average molecular weight is 483 g/mol. The van der Waals surface area contributed by atoms with Crippen molar-refractivity contribution in [3.63, 3.8) is 0 Å². The van der Waals surface area contributed by atoms with Crippen LogP contribution in [0, 0.1) is 33.5 Å². The molecular formula is C29H54O5. The Morgan fingerprint density at radius 3 is 2.09 bits per heavy atom. The number of esters is 1. The third-order valence-corrected chi connectivity index (χ3v) is 10.9. The minimum Gasteiger partial charge on any atom is -0.463 e. The van der Waals surface area contributed by atoms with Gasteiger partial charge in [-0.2, -0.15) is 0 Å². The smallest absolute Gasteiger partial charge is 0.309 e. The molecule has 5 nitrogen and oxygen atoms in total. The van der Waals surface area contributed by atoms with E-state index in [1.54, 1.807) is 7.11 Å². The number of carbonyl (C=O) groups is 1. The maximum atomic E-state index is 13.3. The van der Waals surface area contributed by atoms with Gasteiger partial charge < -0.3 is 18.9 Å². The number of hydrogen-bond donors (Lipinski definition) is 0. The van der Waals surface area contributed by atoms with Gasteiger partial charge in [-0.25, -0.2) is 0 Å². The molecule has 0 amide bonds. The first-order valence-electron chi connectivity index (χ1n) is 14.1. The molecule has 0 bridgehead atoms. The van der Waals surface area contributed by atoms with E-state index >= 15 is 0 Å². The molecule has 0 N–H and O–H groups in total. The van der Waals surface area contributed by atoms with Crippen LogP contribution < -0.4 is 0 Å². The van der Waals surface area contributed by atoms with Crippen LogP contribution >= 0.6 is 0 Å². The summed E-state index contributed by atoms with van der Waals surface area (Å²) in [6.45, 7) is 20.3.